The van der Waals surface area contributed by atoms with Gasteiger partial charge in [-0.3, -0.25) is 0 Å². The van der Waals surface area contributed by atoms with E-state index in [-0.39, 0.29) is 0 Å². The highest BCUT2D eigenvalue weighted by molar-refractivity contribution is 5.55. The summed E-state index contributed by atoms with van der Waals surface area (Å²) in [5.41, 5.74) is 2.65. The lowest BCUT2D eigenvalue weighted by Gasteiger charge is -2.02. The average molecular weight is 211 g/mol. The number of hydrogen-bond donors (Lipinski definition) is 0. The maximum Gasteiger partial charge on any atom is 0.0663 e. The van der Waals surface area contributed by atoms with Gasteiger partial charge in [-0.2, -0.15) is 5.26 Å². The summed E-state index contributed by atoms with van der Waals surface area (Å²) in [4.78, 5) is 0. The first-order chi connectivity index (χ1) is 7.88. The minimum absolute atomic E-state index is 0.473. The minimum Gasteiger partial charge on any atom is -0.198 e. The van der Waals surface area contributed by atoms with Crippen molar-refractivity contribution in [2.75, 3.05) is 0 Å². The Bertz CT molecular complexity index is 408. The lowest BCUT2D eigenvalue weighted by molar-refractivity contribution is 0.919. The summed E-state index contributed by atoms with van der Waals surface area (Å²) in [5, 5.41) is 8.37. The van der Waals surface area contributed by atoms with E-state index < -0.39 is 0 Å². The summed E-state index contributed by atoms with van der Waals surface area (Å²) in [6.07, 6.45) is 10.6. The molecule has 1 rings (SSSR count). The first kappa shape index (κ1) is 12.3. The third-order valence-corrected chi connectivity index (χ3v) is 2.31. The first-order valence-electron chi connectivity index (χ1n) is 5.66. The van der Waals surface area contributed by atoms with Crippen molar-refractivity contribution >= 4 is 6.08 Å². The van der Waals surface area contributed by atoms with Crippen molar-refractivity contribution in [2.24, 2.45) is 0 Å². The van der Waals surface area contributed by atoms with E-state index in [1.807, 2.05) is 18.2 Å². The smallest absolute Gasteiger partial charge is 0.0663 e. The first-order valence-corrected chi connectivity index (χ1v) is 5.66. The maximum atomic E-state index is 8.37. The number of nitriles is 1. The van der Waals surface area contributed by atoms with Gasteiger partial charge < -0.3 is 0 Å². The van der Waals surface area contributed by atoms with E-state index in [0.717, 1.165) is 12.8 Å². The summed E-state index contributed by atoms with van der Waals surface area (Å²) in [6.45, 7) is 2.19. The Morgan fingerprint density at radius 1 is 1.25 bits per heavy atom. The van der Waals surface area contributed by atoms with Crippen molar-refractivity contribution in [2.45, 2.75) is 26.2 Å². The fourth-order valence-corrected chi connectivity index (χ4v) is 1.55. The fourth-order valence-electron chi connectivity index (χ4n) is 1.55. The van der Waals surface area contributed by atoms with E-state index in [0.29, 0.717) is 6.42 Å². The van der Waals surface area contributed by atoms with Gasteiger partial charge in [-0.1, -0.05) is 61.9 Å². The molecule has 0 N–H and O–H groups in total. The Hall–Kier alpha value is -1.81. The number of allylic oxidation sites excluding steroid dienone is 3. The largest absolute Gasteiger partial charge is 0.198 e. The van der Waals surface area contributed by atoms with E-state index in [9.17, 15) is 0 Å². The molecule has 0 aliphatic rings. The van der Waals surface area contributed by atoms with E-state index in [4.69, 9.17) is 5.26 Å². The summed E-state index contributed by atoms with van der Waals surface area (Å²) in [7, 11) is 0. The van der Waals surface area contributed by atoms with Crippen LogP contribution >= 0.6 is 0 Å². The number of benzene rings is 1. The molecule has 0 saturated carbocycles. The Kier molecular flexibility index (Phi) is 5.73. The second-order valence-electron chi connectivity index (χ2n) is 3.60. The number of hydrogen-bond acceptors (Lipinski definition) is 1. The molecule has 1 aromatic carbocycles. The SMILES string of the molecule is CCCc1ccccc1/C=C/C=C/CC#N. The molecular weight excluding hydrogens is 194 g/mol. The third-order valence-electron chi connectivity index (χ3n) is 2.31. The summed E-state index contributed by atoms with van der Waals surface area (Å²) >= 11 is 0. The van der Waals surface area contributed by atoms with E-state index in [1.54, 1.807) is 0 Å². The van der Waals surface area contributed by atoms with Gasteiger partial charge in [0, 0.05) is 0 Å². The highest BCUT2D eigenvalue weighted by atomic mass is 14.2. The quantitative estimate of drug-likeness (QED) is 0.672. The molecule has 0 saturated heterocycles. The Labute approximate surface area is 97.7 Å². The second-order valence-corrected chi connectivity index (χ2v) is 3.60. The molecule has 0 bridgehead atoms. The number of aryl methyl sites for hydroxylation is 1. The van der Waals surface area contributed by atoms with Crippen LogP contribution in [0.4, 0.5) is 0 Å². The van der Waals surface area contributed by atoms with Crippen molar-refractivity contribution in [3.05, 3.63) is 53.6 Å². The topological polar surface area (TPSA) is 23.8 Å². The Balaban J connectivity index is 2.69. The highest BCUT2D eigenvalue weighted by Gasteiger charge is 1.95. The van der Waals surface area contributed by atoms with Gasteiger partial charge in [0.25, 0.3) is 0 Å². The maximum absolute atomic E-state index is 8.37. The summed E-state index contributed by atoms with van der Waals surface area (Å²) in [5.74, 6) is 0. The molecule has 1 nitrogen and oxygen atoms in total. The molecule has 0 fully saturated rings. The van der Waals surface area contributed by atoms with Crippen LogP contribution in [0.25, 0.3) is 6.08 Å². The van der Waals surface area contributed by atoms with Gasteiger partial charge in [0.15, 0.2) is 0 Å². The van der Waals surface area contributed by atoms with Crippen molar-refractivity contribution in [3.8, 4) is 6.07 Å². The fraction of sp³-hybridized carbons (Fsp3) is 0.267. The van der Waals surface area contributed by atoms with Gasteiger partial charge in [-0.25, -0.2) is 0 Å². The second kappa shape index (κ2) is 7.48. The minimum atomic E-state index is 0.473. The molecule has 0 radical (unpaired) electrons. The molecule has 0 atom stereocenters. The number of rotatable bonds is 5. The molecule has 0 unspecified atom stereocenters. The van der Waals surface area contributed by atoms with Crippen LogP contribution in [0.1, 0.15) is 30.9 Å². The van der Waals surface area contributed by atoms with Gasteiger partial charge in [-0.05, 0) is 17.5 Å². The van der Waals surface area contributed by atoms with E-state index in [2.05, 4.69) is 43.3 Å². The van der Waals surface area contributed by atoms with Gasteiger partial charge in [-0.15, -0.1) is 0 Å². The molecule has 0 aromatic heterocycles. The monoisotopic (exact) mass is 211 g/mol. The molecule has 82 valence electrons. The average Bonchev–Trinajstić information content (AvgIpc) is 2.31. The van der Waals surface area contributed by atoms with E-state index >= 15 is 0 Å². The van der Waals surface area contributed by atoms with Gasteiger partial charge in [0.05, 0.1) is 12.5 Å². The van der Waals surface area contributed by atoms with Crippen LogP contribution in [0, 0.1) is 11.3 Å². The highest BCUT2D eigenvalue weighted by Crippen LogP contribution is 2.12. The van der Waals surface area contributed by atoms with Crippen molar-refractivity contribution in [1.29, 1.82) is 5.26 Å². The molecule has 0 aliphatic heterocycles. The molecular formula is C15H17N. The molecule has 0 spiro atoms. The molecule has 1 heteroatoms. The lowest BCUT2D eigenvalue weighted by Crippen LogP contribution is -1.86. The molecule has 16 heavy (non-hydrogen) atoms. The number of nitrogens with zero attached hydrogens (tertiary/aromatic N) is 1. The normalized spacial score (nSPS) is 11.0. The van der Waals surface area contributed by atoms with Gasteiger partial charge >= 0.3 is 0 Å². The predicted molar refractivity (Wildman–Crippen MR) is 68.8 cm³/mol. The lowest BCUT2D eigenvalue weighted by atomic mass is 10.0. The van der Waals surface area contributed by atoms with Crippen LogP contribution in [0.15, 0.2) is 42.5 Å². The zero-order valence-electron chi connectivity index (χ0n) is 9.69. The Morgan fingerprint density at radius 2 is 2.06 bits per heavy atom. The van der Waals surface area contributed by atoms with Crippen LogP contribution in [0.2, 0.25) is 0 Å². The summed E-state index contributed by atoms with van der Waals surface area (Å²) < 4.78 is 0. The van der Waals surface area contributed by atoms with Crippen LogP contribution in [-0.4, -0.2) is 0 Å². The van der Waals surface area contributed by atoms with Crippen molar-refractivity contribution < 1.29 is 0 Å². The van der Waals surface area contributed by atoms with Gasteiger partial charge in [0.2, 0.25) is 0 Å². The summed E-state index contributed by atoms with van der Waals surface area (Å²) in [6, 6.07) is 10.5. The Morgan fingerprint density at radius 3 is 2.81 bits per heavy atom. The van der Waals surface area contributed by atoms with Gasteiger partial charge in [0.1, 0.15) is 0 Å². The van der Waals surface area contributed by atoms with E-state index in [1.165, 1.54) is 11.1 Å². The van der Waals surface area contributed by atoms with Crippen LogP contribution in [-0.2, 0) is 6.42 Å². The predicted octanol–water partition coefficient (Wildman–Crippen LogP) is 4.12. The molecule has 1 aromatic rings. The third kappa shape index (κ3) is 4.14. The van der Waals surface area contributed by atoms with Crippen LogP contribution < -0.4 is 0 Å². The van der Waals surface area contributed by atoms with Crippen molar-refractivity contribution in [3.63, 3.8) is 0 Å². The molecule has 0 heterocycles. The molecule has 0 amide bonds. The van der Waals surface area contributed by atoms with Crippen molar-refractivity contribution in [1.82, 2.24) is 0 Å². The zero-order valence-corrected chi connectivity index (χ0v) is 9.69. The van der Waals surface area contributed by atoms with Crippen LogP contribution in [0.3, 0.4) is 0 Å². The molecule has 0 aliphatic carbocycles. The van der Waals surface area contributed by atoms with Crippen LogP contribution in [0.5, 0.6) is 0 Å². The zero-order chi connectivity index (χ0) is 11.6. The standard InChI is InChI=1S/C15H17N/c1-2-9-14-11-6-7-12-15(14)10-5-3-4-8-13-16/h3-7,10-12H,2,8-9H2,1H3/b4-3+,10-5+.